The Kier molecular flexibility index (Phi) is 11.7. The van der Waals surface area contributed by atoms with Crippen LogP contribution >= 0.6 is 11.8 Å². The number of aliphatic carboxylic acids is 1. The van der Waals surface area contributed by atoms with E-state index in [-0.39, 0.29) is 31.7 Å². The van der Waals surface area contributed by atoms with Crippen molar-refractivity contribution in [3.05, 3.63) is 0 Å². The fourth-order valence-electron chi connectivity index (χ4n) is 0.304. The minimum absolute atomic E-state index is 0. The maximum Gasteiger partial charge on any atom is 2.00 e. The van der Waals surface area contributed by atoms with Crippen LogP contribution in [0.25, 0.3) is 0 Å². The first-order valence-corrected chi connectivity index (χ1v) is 3.72. The SMILES string of the molecule is CCCSCC(=O)O.[H-].[H-].[Mg+2]. The third-order valence-electron chi connectivity index (χ3n) is 0.574. The molecule has 0 aromatic rings. The van der Waals surface area contributed by atoms with Gasteiger partial charge in [0.2, 0.25) is 0 Å². The van der Waals surface area contributed by atoms with Crippen LogP contribution < -0.4 is 0 Å². The molecule has 0 amide bonds. The van der Waals surface area contributed by atoms with Crippen LogP contribution in [0, 0.1) is 0 Å². The molecule has 0 aliphatic heterocycles. The number of rotatable bonds is 4. The average Bonchev–Trinajstić information content (AvgIpc) is 1.66. The summed E-state index contributed by atoms with van der Waals surface area (Å²) in [7, 11) is 0. The summed E-state index contributed by atoms with van der Waals surface area (Å²) in [5, 5.41) is 8.12. The van der Waals surface area contributed by atoms with Crippen LogP contribution in [0.5, 0.6) is 0 Å². The number of hydrogen-bond acceptors (Lipinski definition) is 2. The predicted molar refractivity (Wildman–Crippen MR) is 43.2 cm³/mol. The van der Waals surface area contributed by atoms with Crippen molar-refractivity contribution < 1.29 is 12.8 Å². The number of carboxylic acids is 1. The number of carboxylic acid groups (broad SMARTS) is 1. The molecule has 0 bridgehead atoms. The van der Waals surface area contributed by atoms with E-state index in [1.54, 1.807) is 0 Å². The predicted octanol–water partition coefficient (Wildman–Crippen LogP) is 1.06. The Morgan fingerprint density at radius 2 is 2.33 bits per heavy atom. The Labute approximate surface area is 78.5 Å². The zero-order valence-corrected chi connectivity index (χ0v) is 7.82. The Morgan fingerprint density at radius 3 is 2.67 bits per heavy atom. The first kappa shape index (κ1) is 12.3. The number of carbonyl (C=O) groups is 1. The topological polar surface area (TPSA) is 37.3 Å². The summed E-state index contributed by atoms with van der Waals surface area (Å²) in [6, 6.07) is 0. The Morgan fingerprint density at radius 1 is 1.78 bits per heavy atom. The number of hydrogen-bond donors (Lipinski definition) is 1. The molecular weight excluding hydrogens is 148 g/mol. The fourth-order valence-corrected chi connectivity index (χ4v) is 0.911. The van der Waals surface area contributed by atoms with Crippen LogP contribution in [0.4, 0.5) is 0 Å². The van der Waals surface area contributed by atoms with Gasteiger partial charge in [-0.15, -0.1) is 0 Å². The summed E-state index contributed by atoms with van der Waals surface area (Å²) >= 11 is 1.46. The average molecular weight is 161 g/mol. The molecule has 0 atom stereocenters. The zero-order chi connectivity index (χ0) is 6.41. The van der Waals surface area contributed by atoms with Gasteiger partial charge in [0.25, 0.3) is 0 Å². The summed E-state index contributed by atoms with van der Waals surface area (Å²) < 4.78 is 0. The maximum absolute atomic E-state index is 9.85. The largest absolute Gasteiger partial charge is 2.00 e. The molecule has 0 rings (SSSR count). The second-order valence-corrected chi connectivity index (χ2v) is 2.55. The molecule has 1 N–H and O–H groups in total. The molecule has 0 saturated carbocycles. The summed E-state index contributed by atoms with van der Waals surface area (Å²) in [5.74, 6) is 0.476. The van der Waals surface area contributed by atoms with Gasteiger partial charge in [-0.2, -0.15) is 11.8 Å². The molecule has 4 heteroatoms. The van der Waals surface area contributed by atoms with Gasteiger partial charge in [0, 0.05) is 0 Å². The molecule has 52 valence electrons. The maximum atomic E-state index is 9.85. The Balaban J connectivity index is -0.0000000817. The van der Waals surface area contributed by atoms with Gasteiger partial charge in [-0.3, -0.25) is 4.79 Å². The standard InChI is InChI=1S/C5H10O2S.Mg.2H/c1-2-3-8-4-5(6)7;;;/h2-4H2,1H3,(H,6,7);;;/q;+2;2*-1. The Bertz CT molecular complexity index is 84.9. The smallest absolute Gasteiger partial charge is 1.00 e. The monoisotopic (exact) mass is 160 g/mol. The van der Waals surface area contributed by atoms with Crippen LogP contribution in [-0.4, -0.2) is 45.6 Å². The molecule has 0 aliphatic rings. The van der Waals surface area contributed by atoms with Crippen LogP contribution in [0.1, 0.15) is 16.2 Å². The van der Waals surface area contributed by atoms with Gasteiger partial charge in [-0.25, -0.2) is 0 Å². The van der Waals surface area contributed by atoms with Crippen molar-refractivity contribution in [1.82, 2.24) is 0 Å². The second kappa shape index (κ2) is 8.59. The first-order chi connectivity index (χ1) is 3.77. The molecule has 0 radical (unpaired) electrons. The molecule has 0 unspecified atom stereocenters. The summed E-state index contributed by atoms with van der Waals surface area (Å²) in [6.45, 7) is 2.04. The van der Waals surface area contributed by atoms with Crippen molar-refractivity contribution in [2.45, 2.75) is 13.3 Å². The van der Waals surface area contributed by atoms with Gasteiger partial charge < -0.3 is 7.96 Å². The number of thioether (sulfide) groups is 1. The van der Waals surface area contributed by atoms with Crippen LogP contribution in [0.15, 0.2) is 0 Å². The van der Waals surface area contributed by atoms with Crippen molar-refractivity contribution in [3.63, 3.8) is 0 Å². The van der Waals surface area contributed by atoms with Gasteiger partial charge in [-0.1, -0.05) is 6.92 Å². The van der Waals surface area contributed by atoms with Crippen LogP contribution in [0.3, 0.4) is 0 Å². The van der Waals surface area contributed by atoms with Gasteiger partial charge in [0.15, 0.2) is 0 Å². The zero-order valence-electron chi connectivity index (χ0n) is 7.59. The van der Waals surface area contributed by atoms with Crippen molar-refractivity contribution in [3.8, 4) is 0 Å². The van der Waals surface area contributed by atoms with E-state index in [2.05, 4.69) is 0 Å². The van der Waals surface area contributed by atoms with E-state index < -0.39 is 5.97 Å². The molecule has 0 aromatic carbocycles. The van der Waals surface area contributed by atoms with Gasteiger partial charge in [0.1, 0.15) is 0 Å². The van der Waals surface area contributed by atoms with E-state index in [0.717, 1.165) is 12.2 Å². The third-order valence-corrected chi connectivity index (χ3v) is 1.72. The third kappa shape index (κ3) is 11.9. The van der Waals surface area contributed by atoms with E-state index in [1.165, 1.54) is 11.8 Å². The van der Waals surface area contributed by atoms with Crippen molar-refractivity contribution >= 4 is 40.8 Å². The van der Waals surface area contributed by atoms with Gasteiger partial charge in [0.05, 0.1) is 5.75 Å². The first-order valence-electron chi connectivity index (χ1n) is 2.57. The van der Waals surface area contributed by atoms with E-state index in [0.29, 0.717) is 0 Å². The fraction of sp³-hybridized carbons (Fsp3) is 0.800. The molecule has 0 fully saturated rings. The van der Waals surface area contributed by atoms with Crippen molar-refractivity contribution in [2.75, 3.05) is 11.5 Å². The van der Waals surface area contributed by atoms with Crippen LogP contribution in [-0.2, 0) is 4.79 Å². The minimum atomic E-state index is -0.719. The molecule has 0 aromatic heterocycles. The molecule has 0 aliphatic carbocycles. The van der Waals surface area contributed by atoms with E-state index in [1.807, 2.05) is 6.92 Å². The van der Waals surface area contributed by atoms with Crippen molar-refractivity contribution in [1.29, 1.82) is 0 Å². The minimum Gasteiger partial charge on any atom is -1.00 e. The van der Waals surface area contributed by atoms with E-state index >= 15 is 0 Å². The molecule has 2 nitrogen and oxygen atoms in total. The molecule has 0 spiro atoms. The summed E-state index contributed by atoms with van der Waals surface area (Å²) in [4.78, 5) is 9.85. The molecule has 9 heavy (non-hydrogen) atoms. The van der Waals surface area contributed by atoms with Gasteiger partial charge in [-0.05, 0) is 12.2 Å². The molecular formula is C5H12MgO2S. The Hall–Kier alpha value is 0.586. The normalized spacial score (nSPS) is 8.11. The quantitative estimate of drug-likeness (QED) is 0.494. The molecule has 0 saturated heterocycles. The van der Waals surface area contributed by atoms with E-state index in [4.69, 9.17) is 5.11 Å². The second-order valence-electron chi connectivity index (χ2n) is 1.45. The van der Waals surface area contributed by atoms with Gasteiger partial charge >= 0.3 is 29.0 Å². The summed E-state index contributed by atoms with van der Waals surface area (Å²) in [6.07, 6.45) is 1.05. The van der Waals surface area contributed by atoms with Crippen LogP contribution in [0.2, 0.25) is 0 Å². The van der Waals surface area contributed by atoms with Crippen molar-refractivity contribution in [2.24, 2.45) is 0 Å². The summed E-state index contributed by atoms with van der Waals surface area (Å²) in [5.41, 5.74) is 0. The van der Waals surface area contributed by atoms with E-state index in [9.17, 15) is 4.79 Å². The molecule has 0 heterocycles.